The van der Waals surface area contributed by atoms with Crippen molar-refractivity contribution < 1.29 is 4.74 Å². The first-order chi connectivity index (χ1) is 14.5. The first-order valence-electron chi connectivity index (χ1n) is 10.5. The van der Waals surface area contributed by atoms with Gasteiger partial charge in [0, 0.05) is 23.2 Å². The van der Waals surface area contributed by atoms with Gasteiger partial charge in [0.2, 0.25) is 0 Å². The minimum Gasteiger partial charge on any atom is -0.493 e. The second kappa shape index (κ2) is 8.41. The van der Waals surface area contributed by atoms with Gasteiger partial charge in [-0.1, -0.05) is 30.3 Å². The van der Waals surface area contributed by atoms with Crippen LogP contribution in [0.3, 0.4) is 0 Å². The highest BCUT2D eigenvalue weighted by atomic mass is 16.5. The van der Waals surface area contributed by atoms with Gasteiger partial charge in [-0.25, -0.2) is 4.98 Å². The normalized spacial score (nSPS) is 18.2. The van der Waals surface area contributed by atoms with Gasteiger partial charge in [0.1, 0.15) is 11.3 Å². The van der Waals surface area contributed by atoms with Crippen LogP contribution in [0, 0.1) is 0 Å². The Balaban J connectivity index is 1.68. The minimum absolute atomic E-state index is 0.397. The van der Waals surface area contributed by atoms with Crippen molar-refractivity contribution in [2.24, 2.45) is 4.99 Å². The van der Waals surface area contributed by atoms with Crippen LogP contribution < -0.4 is 4.74 Å². The Morgan fingerprint density at radius 1 is 0.967 bits per heavy atom. The van der Waals surface area contributed by atoms with E-state index in [2.05, 4.69) is 92.7 Å². The number of benzene rings is 2. The number of pyridine rings is 1. The summed E-state index contributed by atoms with van der Waals surface area (Å²) < 4.78 is 6.12. The maximum Gasteiger partial charge on any atom is 0.127 e. The molecular formula is C26H29N3O. The zero-order valence-corrected chi connectivity index (χ0v) is 18.2. The van der Waals surface area contributed by atoms with Crippen molar-refractivity contribution in [3.63, 3.8) is 0 Å². The van der Waals surface area contributed by atoms with Gasteiger partial charge in [0.25, 0.3) is 0 Å². The zero-order valence-electron chi connectivity index (χ0n) is 18.2. The van der Waals surface area contributed by atoms with Crippen LogP contribution in [-0.2, 0) is 5.54 Å². The van der Waals surface area contributed by atoms with Crippen LogP contribution in [0.25, 0.3) is 22.0 Å². The fraction of sp³-hybridized carbons (Fsp3) is 0.308. The van der Waals surface area contributed by atoms with Crippen molar-refractivity contribution in [2.45, 2.75) is 25.8 Å². The van der Waals surface area contributed by atoms with Gasteiger partial charge in [-0.3, -0.25) is 4.99 Å². The Hall–Kier alpha value is -2.98. The molecule has 154 valence electrons. The van der Waals surface area contributed by atoms with E-state index in [1.54, 1.807) is 0 Å². The summed E-state index contributed by atoms with van der Waals surface area (Å²) in [6.45, 7) is 5.85. The number of aromatic nitrogens is 1. The molecule has 1 aliphatic heterocycles. The summed E-state index contributed by atoms with van der Waals surface area (Å²) in [7, 11) is 4.17. The molecule has 0 spiro atoms. The monoisotopic (exact) mass is 399 g/mol. The molecule has 0 saturated heterocycles. The van der Waals surface area contributed by atoms with Crippen LogP contribution in [0.4, 0.5) is 0 Å². The SMILES string of the molecule is CC1=NC(C)(c2cccc(-c3ccc(OCCCN(C)C)c4ccccc34)n2)C=C1. The summed E-state index contributed by atoms with van der Waals surface area (Å²) in [5, 5.41) is 2.27. The molecule has 4 heteroatoms. The molecule has 1 aliphatic rings. The van der Waals surface area contributed by atoms with Gasteiger partial charge >= 0.3 is 0 Å². The first kappa shape index (κ1) is 20.3. The average Bonchev–Trinajstić information content (AvgIpc) is 3.11. The molecule has 0 saturated carbocycles. The van der Waals surface area contributed by atoms with Crippen molar-refractivity contribution in [3.05, 3.63) is 72.4 Å². The van der Waals surface area contributed by atoms with Crippen LogP contribution in [0.5, 0.6) is 5.75 Å². The molecule has 0 bridgehead atoms. The number of allylic oxidation sites excluding steroid dienone is 1. The molecule has 4 rings (SSSR count). The van der Waals surface area contributed by atoms with Gasteiger partial charge in [-0.15, -0.1) is 0 Å². The summed E-state index contributed by atoms with van der Waals surface area (Å²) in [5.41, 5.74) is 3.66. The van der Waals surface area contributed by atoms with E-state index in [9.17, 15) is 0 Å². The van der Waals surface area contributed by atoms with Crippen LogP contribution in [-0.4, -0.2) is 42.8 Å². The maximum absolute atomic E-state index is 6.12. The molecule has 1 unspecified atom stereocenters. The Labute approximate surface area is 178 Å². The van der Waals surface area contributed by atoms with Gasteiger partial charge in [0.05, 0.1) is 18.0 Å². The molecular weight excluding hydrogens is 370 g/mol. The molecule has 0 radical (unpaired) electrons. The van der Waals surface area contributed by atoms with Crippen LogP contribution in [0.15, 0.2) is 71.7 Å². The van der Waals surface area contributed by atoms with Crippen molar-refractivity contribution in [3.8, 4) is 17.0 Å². The minimum atomic E-state index is -0.397. The third-order valence-electron chi connectivity index (χ3n) is 5.49. The number of hydrogen-bond donors (Lipinski definition) is 0. The standard InChI is InChI=1S/C26H29N3O/c1-19-15-16-26(2,28-19)25-12-7-11-23(27-25)21-13-14-24(30-18-8-17-29(3)4)22-10-6-5-9-20(21)22/h5-7,9-16H,8,17-18H2,1-4H3. The fourth-order valence-corrected chi connectivity index (χ4v) is 3.92. The molecule has 2 heterocycles. The lowest BCUT2D eigenvalue weighted by Gasteiger charge is -2.19. The lowest BCUT2D eigenvalue weighted by Crippen LogP contribution is -2.16. The molecule has 0 N–H and O–H groups in total. The zero-order chi connectivity index (χ0) is 21.1. The van der Waals surface area contributed by atoms with Crippen molar-refractivity contribution in [2.75, 3.05) is 27.2 Å². The van der Waals surface area contributed by atoms with Gasteiger partial charge in [0.15, 0.2) is 0 Å². The predicted octanol–water partition coefficient (Wildman–Crippen LogP) is 5.48. The van der Waals surface area contributed by atoms with Crippen LogP contribution >= 0.6 is 0 Å². The van der Waals surface area contributed by atoms with Gasteiger partial charge in [-0.2, -0.15) is 0 Å². The molecule has 1 atom stereocenters. The largest absolute Gasteiger partial charge is 0.493 e. The third kappa shape index (κ3) is 4.14. The molecule has 0 amide bonds. The Kier molecular flexibility index (Phi) is 5.69. The fourth-order valence-electron chi connectivity index (χ4n) is 3.92. The van der Waals surface area contributed by atoms with E-state index >= 15 is 0 Å². The summed E-state index contributed by atoms with van der Waals surface area (Å²) in [6.07, 6.45) is 5.18. The predicted molar refractivity (Wildman–Crippen MR) is 125 cm³/mol. The topological polar surface area (TPSA) is 37.7 Å². The van der Waals surface area contributed by atoms with E-state index in [-0.39, 0.29) is 0 Å². The Bertz CT molecular complexity index is 1120. The second-order valence-corrected chi connectivity index (χ2v) is 8.30. The number of aliphatic imine (C=N–C) groups is 1. The van der Waals surface area contributed by atoms with Crippen molar-refractivity contribution >= 4 is 16.5 Å². The number of fused-ring (bicyclic) bond motifs is 1. The number of nitrogens with zero attached hydrogens (tertiary/aromatic N) is 3. The molecule has 0 aliphatic carbocycles. The van der Waals surface area contributed by atoms with E-state index in [4.69, 9.17) is 14.7 Å². The smallest absolute Gasteiger partial charge is 0.127 e. The molecule has 4 nitrogen and oxygen atoms in total. The first-order valence-corrected chi connectivity index (χ1v) is 10.5. The summed E-state index contributed by atoms with van der Waals surface area (Å²) in [5.74, 6) is 0.926. The molecule has 1 aromatic heterocycles. The number of ether oxygens (including phenoxy) is 1. The highest BCUT2D eigenvalue weighted by molar-refractivity contribution is 5.99. The van der Waals surface area contributed by atoms with Crippen LogP contribution in [0.1, 0.15) is 26.0 Å². The highest BCUT2D eigenvalue weighted by Gasteiger charge is 2.27. The van der Waals surface area contributed by atoms with Gasteiger partial charge in [-0.05, 0) is 76.2 Å². The quantitative estimate of drug-likeness (QED) is 0.494. The third-order valence-corrected chi connectivity index (χ3v) is 5.49. The number of rotatable bonds is 7. The lowest BCUT2D eigenvalue weighted by atomic mass is 9.96. The second-order valence-electron chi connectivity index (χ2n) is 8.30. The Morgan fingerprint density at radius 2 is 1.77 bits per heavy atom. The number of hydrogen-bond acceptors (Lipinski definition) is 4. The van der Waals surface area contributed by atoms with Gasteiger partial charge < -0.3 is 9.64 Å². The van der Waals surface area contributed by atoms with E-state index in [1.807, 2.05) is 6.92 Å². The van der Waals surface area contributed by atoms with E-state index in [0.29, 0.717) is 6.61 Å². The van der Waals surface area contributed by atoms with Crippen molar-refractivity contribution in [1.29, 1.82) is 0 Å². The summed E-state index contributed by atoms with van der Waals surface area (Å²) in [4.78, 5) is 12.0. The van der Waals surface area contributed by atoms with E-state index in [0.717, 1.165) is 52.2 Å². The van der Waals surface area contributed by atoms with Crippen LogP contribution in [0.2, 0.25) is 0 Å². The molecule has 2 aromatic carbocycles. The lowest BCUT2D eigenvalue weighted by molar-refractivity contribution is 0.284. The molecule has 3 aromatic rings. The Morgan fingerprint density at radius 3 is 2.50 bits per heavy atom. The molecule has 0 fully saturated rings. The average molecular weight is 400 g/mol. The van der Waals surface area contributed by atoms with Crippen molar-refractivity contribution in [1.82, 2.24) is 9.88 Å². The van der Waals surface area contributed by atoms with E-state index < -0.39 is 5.54 Å². The summed E-state index contributed by atoms with van der Waals surface area (Å²) in [6, 6.07) is 18.8. The highest BCUT2D eigenvalue weighted by Crippen LogP contribution is 2.36. The molecule has 30 heavy (non-hydrogen) atoms. The van der Waals surface area contributed by atoms with E-state index in [1.165, 1.54) is 0 Å². The maximum atomic E-state index is 6.12. The summed E-state index contributed by atoms with van der Waals surface area (Å²) >= 11 is 0.